The molecule has 1 fully saturated rings. The highest BCUT2D eigenvalue weighted by molar-refractivity contribution is 5.98. The lowest BCUT2D eigenvalue weighted by atomic mass is 9.95. The van der Waals surface area contributed by atoms with E-state index in [-0.39, 0.29) is 30.9 Å². The van der Waals surface area contributed by atoms with Gasteiger partial charge in [-0.15, -0.1) is 0 Å². The van der Waals surface area contributed by atoms with Gasteiger partial charge >= 0.3 is 0 Å². The number of aliphatic hydroxyl groups excluding tert-OH is 4. The number of carbonyl (C=O) groups excluding carboxylic acids is 9. The average Bonchev–Trinajstić information content (AvgIpc) is 3.31. The van der Waals surface area contributed by atoms with E-state index >= 15 is 0 Å². The third-order valence-electron chi connectivity index (χ3n) is 11.5. The zero-order chi connectivity index (χ0) is 53.0. The van der Waals surface area contributed by atoms with Crippen molar-refractivity contribution in [3.8, 4) is 0 Å². The van der Waals surface area contributed by atoms with E-state index in [1.54, 1.807) is 59.7 Å². The van der Waals surface area contributed by atoms with Gasteiger partial charge in [-0.05, 0) is 43.1 Å². The molecule has 1 aromatic carbocycles. The molecule has 0 aliphatic carbocycles. The molecule has 26 heteroatoms. The Labute approximate surface area is 406 Å². The third kappa shape index (κ3) is 18.1. The molecule has 1 unspecified atom stereocenters. The predicted molar refractivity (Wildman–Crippen MR) is 252 cm³/mol. The van der Waals surface area contributed by atoms with Crippen LogP contribution in [0.4, 0.5) is 0 Å². The lowest BCUT2D eigenvalue weighted by Crippen LogP contribution is -2.64. The summed E-state index contributed by atoms with van der Waals surface area (Å²) in [4.78, 5) is 124. The van der Waals surface area contributed by atoms with Gasteiger partial charge in [-0.2, -0.15) is 0 Å². The molecule has 392 valence electrons. The Morgan fingerprint density at radius 3 is 1.70 bits per heavy atom. The average molecular weight is 992 g/mol. The van der Waals surface area contributed by atoms with Crippen molar-refractivity contribution in [1.82, 2.24) is 53.2 Å². The fourth-order valence-corrected chi connectivity index (χ4v) is 7.01. The monoisotopic (exact) mass is 992 g/mol. The quantitative estimate of drug-likeness (QED) is 0.0497. The minimum Gasteiger partial charge on any atom is -0.394 e. The van der Waals surface area contributed by atoms with Crippen LogP contribution in [0.3, 0.4) is 0 Å². The summed E-state index contributed by atoms with van der Waals surface area (Å²) in [6.07, 6.45) is -2.84. The van der Waals surface area contributed by atoms with Gasteiger partial charge in [0.15, 0.2) is 5.96 Å². The molecule has 1 aliphatic heterocycles. The SMILES string of the molecule is CC[C@H](C)[C@@H]1NC(=O)[C@@H](CCCNC(=N)N)NC(=O)[C@H](C(C)C)NC(=O)[C@H]([C@H](O)C(C)C)NC(=O)[C@@H](N)[C@@H](c2ccccc2)NC(=O)C(CO)NC(=O)[C@H](CO)NC(=O)CNC(=O)[C@H]([C@H](C)O)NC1=O. The zero-order valence-electron chi connectivity index (χ0n) is 40.5. The summed E-state index contributed by atoms with van der Waals surface area (Å²) in [6, 6.07) is -6.66. The van der Waals surface area contributed by atoms with Gasteiger partial charge in [0.1, 0.15) is 48.3 Å². The molecule has 0 radical (unpaired) electrons. The maximum atomic E-state index is 14.2. The van der Waals surface area contributed by atoms with E-state index in [0.717, 1.165) is 0 Å². The van der Waals surface area contributed by atoms with Crippen LogP contribution in [0.25, 0.3) is 0 Å². The normalized spacial score (nSPS) is 27.1. The highest BCUT2D eigenvalue weighted by Crippen LogP contribution is 2.18. The van der Waals surface area contributed by atoms with Gasteiger partial charge in [0, 0.05) is 6.54 Å². The van der Waals surface area contributed by atoms with Gasteiger partial charge in [-0.25, -0.2) is 0 Å². The minimum absolute atomic E-state index is 0.0824. The second kappa shape index (κ2) is 28.9. The van der Waals surface area contributed by atoms with Crippen molar-refractivity contribution >= 4 is 59.1 Å². The minimum atomic E-state index is -1.78. The van der Waals surface area contributed by atoms with Crippen LogP contribution in [0.15, 0.2) is 30.3 Å². The Morgan fingerprint density at radius 1 is 0.657 bits per heavy atom. The zero-order valence-corrected chi connectivity index (χ0v) is 40.5. The van der Waals surface area contributed by atoms with Crippen LogP contribution in [0.1, 0.15) is 79.3 Å². The molecule has 0 spiro atoms. The largest absolute Gasteiger partial charge is 0.394 e. The molecule has 12 atom stereocenters. The number of guanidine groups is 1. The number of amides is 9. The van der Waals surface area contributed by atoms with E-state index in [1.165, 1.54) is 19.1 Å². The second-order valence-corrected chi connectivity index (χ2v) is 17.8. The Kier molecular flexibility index (Phi) is 24.6. The first-order valence-electron chi connectivity index (χ1n) is 23.0. The van der Waals surface area contributed by atoms with E-state index in [0.29, 0.717) is 6.42 Å². The van der Waals surface area contributed by atoms with Gasteiger partial charge in [-0.3, -0.25) is 48.6 Å². The van der Waals surface area contributed by atoms with Gasteiger partial charge in [0.2, 0.25) is 53.2 Å². The number of hydrogen-bond acceptors (Lipinski definition) is 15. The number of carbonyl (C=O) groups is 9. The lowest BCUT2D eigenvalue weighted by Gasteiger charge is -2.32. The summed E-state index contributed by atoms with van der Waals surface area (Å²) in [5, 5.41) is 73.9. The molecule has 9 amide bonds. The molecule has 0 bridgehead atoms. The summed E-state index contributed by atoms with van der Waals surface area (Å²) in [7, 11) is 0. The van der Waals surface area contributed by atoms with Crippen LogP contribution in [0.2, 0.25) is 0 Å². The maximum Gasteiger partial charge on any atom is 0.245 e. The molecule has 1 saturated heterocycles. The molecule has 1 aromatic rings. The first kappa shape index (κ1) is 59.6. The number of aliphatic hydroxyl groups is 4. The summed E-state index contributed by atoms with van der Waals surface area (Å²) in [6.45, 7) is 7.90. The van der Waals surface area contributed by atoms with E-state index < -0.39 is 157 Å². The van der Waals surface area contributed by atoms with Crippen LogP contribution in [-0.4, -0.2) is 166 Å². The summed E-state index contributed by atoms with van der Waals surface area (Å²) >= 11 is 0. The fourth-order valence-electron chi connectivity index (χ4n) is 7.01. The fraction of sp³-hybridized carbons (Fsp3) is 0.636. The third-order valence-corrected chi connectivity index (χ3v) is 11.5. The summed E-state index contributed by atoms with van der Waals surface area (Å²) in [5.41, 5.74) is 12.1. The topological polar surface area (TPSA) is 431 Å². The number of hydrogen-bond donors (Lipinski definition) is 17. The van der Waals surface area contributed by atoms with Crippen molar-refractivity contribution in [2.45, 2.75) is 134 Å². The standard InChI is InChI=1S/C44H73N13O13/c1-8-22(6)31-42(69)55-32(23(7)60)40(67)49-17-28(61)50-26(18-58)37(64)52-27(19-59)38(65)56-33(24-13-10-9-11-14-24)29(45)39(66)57-34(35(62)21(4)5)43(70)53-30(20(2)3)41(68)51-25(36(63)54-31)15-12-16-48-44(46)47/h9-11,13-14,20-23,25-27,29-35,58-60,62H,8,12,15-19,45H2,1-7H3,(H,49,67)(H,50,61)(H,51,68)(H,52,64)(H,53,70)(H,54,63)(H,55,69)(H,56,65)(H,57,66)(H4,46,47,48)/t22-,23-,25+,26-,27?,29-,30-,31-,32-,33+,34-,35+/m0/s1. The van der Waals surface area contributed by atoms with Gasteiger partial charge in [0.25, 0.3) is 0 Å². The summed E-state index contributed by atoms with van der Waals surface area (Å²) in [5.74, 6) is -11.6. The van der Waals surface area contributed by atoms with Crippen molar-refractivity contribution in [3.63, 3.8) is 0 Å². The van der Waals surface area contributed by atoms with Gasteiger partial charge in [0.05, 0.1) is 38.0 Å². The molecule has 0 aromatic heterocycles. The Morgan fingerprint density at radius 2 is 1.16 bits per heavy atom. The smallest absolute Gasteiger partial charge is 0.245 e. The highest BCUT2D eigenvalue weighted by Gasteiger charge is 2.40. The molecule has 1 aliphatic rings. The Balaban J connectivity index is 2.76. The van der Waals surface area contributed by atoms with E-state index in [4.69, 9.17) is 16.9 Å². The predicted octanol–water partition coefficient (Wildman–Crippen LogP) is -5.96. The first-order valence-corrected chi connectivity index (χ1v) is 23.0. The van der Waals surface area contributed by atoms with Crippen LogP contribution in [-0.2, 0) is 43.2 Å². The maximum absolute atomic E-state index is 14.2. The van der Waals surface area contributed by atoms with Crippen LogP contribution >= 0.6 is 0 Å². The summed E-state index contributed by atoms with van der Waals surface area (Å²) < 4.78 is 0. The van der Waals surface area contributed by atoms with Crippen LogP contribution < -0.4 is 64.6 Å². The first-order chi connectivity index (χ1) is 32.9. The van der Waals surface area contributed by atoms with Crippen LogP contribution in [0.5, 0.6) is 0 Å². The van der Waals surface area contributed by atoms with Crippen molar-refractivity contribution in [2.24, 2.45) is 29.2 Å². The number of nitrogens with one attached hydrogen (secondary N) is 11. The Bertz CT molecular complexity index is 1980. The number of nitrogens with two attached hydrogens (primary N) is 2. The van der Waals surface area contributed by atoms with Gasteiger partial charge < -0.3 is 85.1 Å². The van der Waals surface area contributed by atoms with E-state index in [2.05, 4.69) is 53.2 Å². The number of rotatable bonds is 13. The molecular weight excluding hydrogens is 919 g/mol. The molecule has 70 heavy (non-hydrogen) atoms. The Hall–Kier alpha value is -6.48. The van der Waals surface area contributed by atoms with Crippen molar-refractivity contribution < 1.29 is 63.6 Å². The van der Waals surface area contributed by atoms with Crippen LogP contribution in [0, 0.1) is 23.2 Å². The molecule has 26 nitrogen and oxygen atoms in total. The van der Waals surface area contributed by atoms with E-state index in [1.807, 2.05) is 0 Å². The number of benzene rings is 1. The van der Waals surface area contributed by atoms with E-state index in [9.17, 15) is 63.6 Å². The lowest BCUT2D eigenvalue weighted by molar-refractivity contribution is -0.138. The highest BCUT2D eigenvalue weighted by atomic mass is 16.3. The molecular formula is C44H73N13O13. The molecule has 2 rings (SSSR count). The van der Waals surface area contributed by atoms with Gasteiger partial charge in [-0.1, -0.05) is 78.3 Å². The van der Waals surface area contributed by atoms with Crippen molar-refractivity contribution in [1.29, 1.82) is 5.41 Å². The van der Waals surface area contributed by atoms with Crippen molar-refractivity contribution in [2.75, 3.05) is 26.3 Å². The van der Waals surface area contributed by atoms with Crippen molar-refractivity contribution in [3.05, 3.63) is 35.9 Å². The molecule has 19 N–H and O–H groups in total. The molecule has 1 heterocycles. The molecule has 0 saturated carbocycles. The second-order valence-electron chi connectivity index (χ2n) is 17.8.